The van der Waals surface area contributed by atoms with E-state index in [0.29, 0.717) is 0 Å². The van der Waals surface area contributed by atoms with E-state index >= 15 is 0 Å². The highest BCUT2D eigenvalue weighted by Crippen LogP contribution is 2.30. The number of anilines is 2. The molecule has 0 aromatic heterocycles. The number of amides is 2. The van der Waals surface area contributed by atoms with Gasteiger partial charge in [0.1, 0.15) is 0 Å². The summed E-state index contributed by atoms with van der Waals surface area (Å²) in [5.41, 5.74) is -0.743. The van der Waals surface area contributed by atoms with Gasteiger partial charge < -0.3 is 0 Å². The van der Waals surface area contributed by atoms with Crippen molar-refractivity contribution in [2.75, 3.05) is 9.62 Å². The van der Waals surface area contributed by atoms with Gasteiger partial charge in [0.2, 0.25) is 0 Å². The summed E-state index contributed by atoms with van der Waals surface area (Å²) in [7, 11) is -4.06. The second-order valence-corrected chi connectivity index (χ2v) is 7.20. The molecule has 0 bridgehead atoms. The summed E-state index contributed by atoms with van der Waals surface area (Å²) < 4.78 is 64.5. The number of carbonyl (C=O) groups is 2. The van der Waals surface area contributed by atoms with Gasteiger partial charge in [-0.15, -0.1) is 0 Å². The zero-order valence-electron chi connectivity index (χ0n) is 13.4. The van der Waals surface area contributed by atoms with Gasteiger partial charge in [-0.3, -0.25) is 14.3 Å². The third-order valence-electron chi connectivity index (χ3n) is 3.68. The molecule has 0 saturated heterocycles. The Morgan fingerprint density at radius 2 is 1.33 bits per heavy atom. The first-order chi connectivity index (χ1) is 12.6. The normalized spacial score (nSPS) is 14.7. The van der Waals surface area contributed by atoms with Crippen LogP contribution in [0.2, 0.25) is 0 Å². The number of carbonyl (C=O) groups excluding carboxylic acids is 2. The standard InChI is InChI=1S/C17H11F3N2O4S/c18-17(19,20)11-1-3-12(4-2-11)21-27(25,26)14-7-5-13(6-8-14)22-15(23)9-10-16(22)24/h1-10,21H. The van der Waals surface area contributed by atoms with Crippen molar-refractivity contribution in [3.05, 3.63) is 66.2 Å². The predicted molar refractivity (Wildman–Crippen MR) is 90.3 cm³/mol. The molecule has 0 saturated carbocycles. The number of imide groups is 1. The largest absolute Gasteiger partial charge is 0.416 e. The Morgan fingerprint density at radius 1 is 0.815 bits per heavy atom. The van der Waals surface area contributed by atoms with E-state index in [1.165, 1.54) is 24.3 Å². The lowest BCUT2D eigenvalue weighted by Crippen LogP contribution is -2.29. The van der Waals surface area contributed by atoms with E-state index in [4.69, 9.17) is 0 Å². The van der Waals surface area contributed by atoms with Crippen LogP contribution in [-0.2, 0) is 25.8 Å². The molecule has 0 atom stereocenters. The fraction of sp³-hybridized carbons (Fsp3) is 0.0588. The van der Waals surface area contributed by atoms with Crippen LogP contribution in [0.1, 0.15) is 5.56 Å². The van der Waals surface area contributed by atoms with Crippen LogP contribution in [0.15, 0.2) is 65.6 Å². The van der Waals surface area contributed by atoms with E-state index in [1.54, 1.807) is 0 Å². The van der Waals surface area contributed by atoms with Crippen molar-refractivity contribution in [2.45, 2.75) is 11.1 Å². The van der Waals surface area contributed by atoms with E-state index < -0.39 is 33.6 Å². The Bertz CT molecular complexity index is 1010. The molecule has 0 unspecified atom stereocenters. The Balaban J connectivity index is 1.79. The first kappa shape index (κ1) is 18.6. The third-order valence-corrected chi connectivity index (χ3v) is 5.08. The highest BCUT2D eigenvalue weighted by Gasteiger charge is 2.30. The number of alkyl halides is 3. The van der Waals surface area contributed by atoms with E-state index in [-0.39, 0.29) is 16.3 Å². The van der Waals surface area contributed by atoms with Gasteiger partial charge in [0, 0.05) is 17.8 Å². The van der Waals surface area contributed by atoms with Crippen LogP contribution >= 0.6 is 0 Å². The summed E-state index contributed by atoms with van der Waals surface area (Å²) in [5.74, 6) is -1.09. The zero-order chi connectivity index (χ0) is 19.8. The summed E-state index contributed by atoms with van der Waals surface area (Å²) in [6.45, 7) is 0. The molecule has 10 heteroatoms. The molecule has 27 heavy (non-hydrogen) atoms. The van der Waals surface area contributed by atoms with E-state index in [0.717, 1.165) is 41.3 Å². The van der Waals surface area contributed by atoms with Crippen molar-refractivity contribution in [1.29, 1.82) is 0 Å². The SMILES string of the molecule is O=C1C=CC(=O)N1c1ccc(S(=O)(=O)Nc2ccc(C(F)(F)F)cc2)cc1. The number of sulfonamides is 1. The van der Waals surface area contributed by atoms with E-state index in [1.807, 2.05) is 0 Å². The van der Waals surface area contributed by atoms with Crippen LogP contribution < -0.4 is 9.62 Å². The van der Waals surface area contributed by atoms with Crippen LogP contribution in [0, 0.1) is 0 Å². The Labute approximate surface area is 152 Å². The Kier molecular flexibility index (Phi) is 4.52. The minimum absolute atomic E-state index is 0.0406. The van der Waals surface area contributed by atoms with Gasteiger partial charge in [-0.2, -0.15) is 13.2 Å². The molecule has 3 rings (SSSR count). The smallest absolute Gasteiger partial charge is 0.280 e. The maximum absolute atomic E-state index is 12.5. The molecule has 0 spiro atoms. The summed E-state index contributed by atoms with van der Waals surface area (Å²) in [5, 5.41) is 0. The molecule has 2 aromatic rings. The maximum atomic E-state index is 12.5. The first-order valence-corrected chi connectivity index (χ1v) is 8.92. The molecular formula is C17H11F3N2O4S. The molecule has 2 amide bonds. The molecule has 1 N–H and O–H groups in total. The molecule has 2 aromatic carbocycles. The maximum Gasteiger partial charge on any atom is 0.416 e. The second kappa shape index (κ2) is 6.54. The van der Waals surface area contributed by atoms with Crippen molar-refractivity contribution in [3.8, 4) is 0 Å². The van der Waals surface area contributed by atoms with E-state index in [2.05, 4.69) is 4.72 Å². The minimum atomic E-state index is -4.52. The van der Waals surface area contributed by atoms with E-state index in [9.17, 15) is 31.2 Å². The quantitative estimate of drug-likeness (QED) is 0.806. The molecular weight excluding hydrogens is 385 g/mol. The lowest BCUT2D eigenvalue weighted by atomic mass is 10.2. The number of rotatable bonds is 4. The molecule has 0 aliphatic carbocycles. The van der Waals surface area contributed by atoms with Crippen LogP contribution in [0.4, 0.5) is 24.5 Å². The van der Waals surface area contributed by atoms with Crippen LogP contribution in [0.5, 0.6) is 0 Å². The van der Waals surface area contributed by atoms with Crippen LogP contribution in [-0.4, -0.2) is 20.2 Å². The van der Waals surface area contributed by atoms with Gasteiger partial charge >= 0.3 is 6.18 Å². The topological polar surface area (TPSA) is 83.6 Å². The van der Waals surface area contributed by atoms with Gasteiger partial charge in [0.05, 0.1) is 16.1 Å². The number of nitrogens with zero attached hydrogens (tertiary/aromatic N) is 1. The summed E-state index contributed by atoms with van der Waals surface area (Å²) >= 11 is 0. The van der Waals surface area contributed by atoms with Crippen molar-refractivity contribution in [1.82, 2.24) is 0 Å². The monoisotopic (exact) mass is 396 g/mol. The Hall–Kier alpha value is -3.14. The van der Waals surface area contributed by atoms with Crippen LogP contribution in [0.25, 0.3) is 0 Å². The lowest BCUT2D eigenvalue weighted by molar-refractivity contribution is -0.137. The first-order valence-electron chi connectivity index (χ1n) is 7.44. The zero-order valence-corrected chi connectivity index (χ0v) is 14.2. The number of nitrogens with one attached hydrogen (secondary N) is 1. The minimum Gasteiger partial charge on any atom is -0.280 e. The highest BCUT2D eigenvalue weighted by atomic mass is 32.2. The molecule has 1 heterocycles. The lowest BCUT2D eigenvalue weighted by Gasteiger charge is -2.14. The Morgan fingerprint density at radius 3 is 1.81 bits per heavy atom. The molecule has 6 nitrogen and oxygen atoms in total. The number of hydrogen-bond donors (Lipinski definition) is 1. The van der Waals surface area contributed by atoms with Gasteiger partial charge in [-0.25, -0.2) is 13.3 Å². The van der Waals surface area contributed by atoms with Gasteiger partial charge in [-0.05, 0) is 48.5 Å². The van der Waals surface area contributed by atoms with Crippen molar-refractivity contribution < 1.29 is 31.2 Å². The summed E-state index contributed by atoms with van der Waals surface area (Å²) in [4.78, 5) is 23.9. The number of benzene rings is 2. The third kappa shape index (κ3) is 3.85. The van der Waals surface area contributed by atoms with Crippen molar-refractivity contribution in [2.24, 2.45) is 0 Å². The highest BCUT2D eigenvalue weighted by molar-refractivity contribution is 7.92. The van der Waals surface area contributed by atoms with Crippen molar-refractivity contribution >= 4 is 33.2 Å². The second-order valence-electron chi connectivity index (χ2n) is 5.52. The average molecular weight is 396 g/mol. The van der Waals surface area contributed by atoms with Gasteiger partial charge in [0.15, 0.2) is 0 Å². The number of halogens is 3. The van der Waals surface area contributed by atoms with Gasteiger partial charge in [-0.1, -0.05) is 0 Å². The number of hydrogen-bond acceptors (Lipinski definition) is 4. The summed E-state index contributed by atoms with van der Waals surface area (Å²) in [6.07, 6.45) is -2.33. The molecule has 140 valence electrons. The van der Waals surface area contributed by atoms with Crippen molar-refractivity contribution in [3.63, 3.8) is 0 Å². The molecule has 1 aliphatic rings. The fourth-order valence-electron chi connectivity index (χ4n) is 2.37. The molecule has 1 aliphatic heterocycles. The fourth-order valence-corrected chi connectivity index (χ4v) is 3.43. The van der Waals surface area contributed by atoms with Crippen LogP contribution in [0.3, 0.4) is 0 Å². The predicted octanol–water partition coefficient (Wildman–Crippen LogP) is 2.94. The molecule has 0 fully saturated rings. The van der Waals surface area contributed by atoms with Gasteiger partial charge in [0.25, 0.3) is 21.8 Å². The average Bonchev–Trinajstić information content (AvgIpc) is 2.93. The molecule has 0 radical (unpaired) electrons. The summed E-state index contributed by atoms with van der Waals surface area (Å²) in [6, 6.07) is 8.45.